The van der Waals surface area contributed by atoms with E-state index in [0.717, 1.165) is 43.9 Å². The SMILES string of the molecule is CCCCCCCCCN1/C(=C\C=C2/CCCC(/C=C/C3=[N+](CCCCCCCCC)c4cc(C)c(OC)cc4C3(C)C)=C2Br)C(C)(C)c2cc(OC)c(C)cc21. The summed E-state index contributed by atoms with van der Waals surface area (Å²) >= 11 is 4.16. The Kier molecular flexibility index (Phi) is 16.4. The summed E-state index contributed by atoms with van der Waals surface area (Å²) in [5, 5.41) is 0. The zero-order valence-electron chi connectivity index (χ0n) is 37.6. The standard InChI is InChI=1S/C52H76BrN2O2/c1-11-13-15-17-19-21-23-32-54-44-34-38(3)46(56-9)36-42(44)51(5,6)48(54)30-28-40-26-25-27-41(50(40)53)29-31-49-52(7,8)43-37-47(57-10)39(4)35-45(43)55(49)33-24-22-20-18-16-14-12-2/h28-31,34-37H,11-27,32-33H2,1-10H3/q+1. The van der Waals surface area contributed by atoms with Crippen LogP contribution in [-0.4, -0.2) is 37.6 Å². The number of ether oxygens (including phenoxy) is 2. The minimum absolute atomic E-state index is 0.123. The largest absolute Gasteiger partial charge is 0.496 e. The second kappa shape index (κ2) is 20.8. The Bertz CT molecular complexity index is 1860. The van der Waals surface area contributed by atoms with Crippen molar-refractivity contribution in [3.05, 3.63) is 92.1 Å². The van der Waals surface area contributed by atoms with Crippen molar-refractivity contribution < 1.29 is 14.0 Å². The number of rotatable bonds is 21. The first-order valence-electron chi connectivity index (χ1n) is 22.7. The molecule has 0 atom stereocenters. The predicted octanol–water partition coefficient (Wildman–Crippen LogP) is 15.2. The van der Waals surface area contributed by atoms with E-state index in [1.165, 1.54) is 151 Å². The van der Waals surface area contributed by atoms with Crippen molar-refractivity contribution in [3.63, 3.8) is 0 Å². The maximum Gasteiger partial charge on any atom is 0.210 e. The molecule has 0 aromatic heterocycles. The van der Waals surface area contributed by atoms with Gasteiger partial charge in [0.05, 0.1) is 19.6 Å². The number of aryl methyl sites for hydroxylation is 2. The van der Waals surface area contributed by atoms with Gasteiger partial charge in [-0.25, -0.2) is 0 Å². The van der Waals surface area contributed by atoms with Gasteiger partial charge in [0.25, 0.3) is 0 Å². The maximum absolute atomic E-state index is 5.84. The Morgan fingerprint density at radius 1 is 0.684 bits per heavy atom. The summed E-state index contributed by atoms with van der Waals surface area (Å²) in [5.41, 5.74) is 13.1. The first kappa shape index (κ1) is 45.0. The fourth-order valence-corrected chi connectivity index (χ4v) is 10.2. The van der Waals surface area contributed by atoms with E-state index in [2.05, 4.69) is 129 Å². The van der Waals surface area contributed by atoms with Crippen LogP contribution in [0.15, 0.2) is 69.9 Å². The van der Waals surface area contributed by atoms with Crippen molar-refractivity contribution in [2.24, 2.45) is 0 Å². The van der Waals surface area contributed by atoms with E-state index >= 15 is 0 Å². The summed E-state index contributed by atoms with van der Waals surface area (Å²) in [7, 11) is 3.59. The number of nitrogens with zero attached hydrogens (tertiary/aromatic N) is 2. The summed E-state index contributed by atoms with van der Waals surface area (Å²) in [5.74, 6) is 1.96. The summed E-state index contributed by atoms with van der Waals surface area (Å²) in [4.78, 5) is 2.62. The van der Waals surface area contributed by atoms with Crippen molar-refractivity contribution in [2.45, 2.75) is 175 Å². The van der Waals surface area contributed by atoms with Gasteiger partial charge in [-0.05, 0) is 112 Å². The molecule has 0 unspecified atom stereocenters. The average molecular weight is 841 g/mol. The number of halogens is 1. The summed E-state index contributed by atoms with van der Waals surface area (Å²) < 4.78 is 15.6. The minimum Gasteiger partial charge on any atom is -0.496 e. The number of benzene rings is 2. The lowest BCUT2D eigenvalue weighted by molar-refractivity contribution is -0.438. The van der Waals surface area contributed by atoms with Gasteiger partial charge in [-0.1, -0.05) is 126 Å². The van der Waals surface area contributed by atoms with E-state index in [9.17, 15) is 0 Å². The van der Waals surface area contributed by atoms with E-state index in [1.54, 1.807) is 14.2 Å². The third kappa shape index (κ3) is 10.4. The lowest BCUT2D eigenvalue weighted by Gasteiger charge is -2.27. The Balaban J connectivity index is 1.44. The highest BCUT2D eigenvalue weighted by Crippen LogP contribution is 2.50. The van der Waals surface area contributed by atoms with Gasteiger partial charge in [-0.3, -0.25) is 0 Å². The van der Waals surface area contributed by atoms with Gasteiger partial charge in [-0.15, -0.1) is 0 Å². The highest BCUT2D eigenvalue weighted by molar-refractivity contribution is 9.12. The van der Waals surface area contributed by atoms with Gasteiger partial charge in [0.2, 0.25) is 5.69 Å². The topological polar surface area (TPSA) is 24.7 Å². The molecule has 5 rings (SSSR count). The lowest BCUT2D eigenvalue weighted by Crippen LogP contribution is -2.28. The van der Waals surface area contributed by atoms with Crippen LogP contribution in [0.4, 0.5) is 11.4 Å². The predicted molar refractivity (Wildman–Crippen MR) is 250 cm³/mol. The van der Waals surface area contributed by atoms with Gasteiger partial charge < -0.3 is 14.4 Å². The monoisotopic (exact) mass is 840 g/mol. The van der Waals surface area contributed by atoms with Crippen LogP contribution < -0.4 is 14.4 Å². The Hall–Kier alpha value is -3.05. The molecule has 5 heteroatoms. The van der Waals surface area contributed by atoms with Crippen molar-refractivity contribution in [3.8, 4) is 11.5 Å². The molecule has 2 heterocycles. The minimum atomic E-state index is -0.123. The zero-order chi connectivity index (χ0) is 41.2. The van der Waals surface area contributed by atoms with Crippen LogP contribution in [0.25, 0.3) is 0 Å². The van der Waals surface area contributed by atoms with E-state index < -0.39 is 0 Å². The lowest BCUT2D eigenvalue weighted by atomic mass is 9.80. The van der Waals surface area contributed by atoms with Gasteiger partial charge in [0, 0.05) is 52.0 Å². The van der Waals surface area contributed by atoms with Crippen molar-refractivity contribution >= 4 is 33.0 Å². The molecule has 4 nitrogen and oxygen atoms in total. The maximum atomic E-state index is 5.84. The molecule has 312 valence electrons. The van der Waals surface area contributed by atoms with Crippen LogP contribution in [0.3, 0.4) is 0 Å². The Morgan fingerprint density at radius 2 is 1.26 bits per heavy atom. The molecule has 0 radical (unpaired) electrons. The Labute approximate surface area is 356 Å². The van der Waals surface area contributed by atoms with E-state index in [1.807, 2.05) is 0 Å². The van der Waals surface area contributed by atoms with Gasteiger partial charge >= 0.3 is 0 Å². The molecule has 2 aromatic rings. The molecule has 57 heavy (non-hydrogen) atoms. The van der Waals surface area contributed by atoms with E-state index in [4.69, 9.17) is 9.47 Å². The molecule has 1 aliphatic carbocycles. The number of hydrogen-bond donors (Lipinski definition) is 0. The van der Waals surface area contributed by atoms with E-state index in [0.29, 0.717) is 0 Å². The molecule has 0 N–H and O–H groups in total. The van der Waals surface area contributed by atoms with Crippen LogP contribution in [0.1, 0.15) is 173 Å². The number of unbranched alkanes of at least 4 members (excludes halogenated alkanes) is 12. The molecule has 0 fully saturated rings. The van der Waals surface area contributed by atoms with Crippen molar-refractivity contribution in [2.75, 3.05) is 32.2 Å². The molecular weight excluding hydrogens is 764 g/mol. The molecule has 3 aliphatic rings. The molecule has 0 amide bonds. The first-order valence-corrected chi connectivity index (χ1v) is 23.5. The van der Waals surface area contributed by atoms with Crippen LogP contribution in [0.2, 0.25) is 0 Å². The number of anilines is 1. The van der Waals surface area contributed by atoms with Crippen LogP contribution >= 0.6 is 15.9 Å². The van der Waals surface area contributed by atoms with Crippen LogP contribution in [0.5, 0.6) is 11.5 Å². The number of allylic oxidation sites excluding steroid dienone is 8. The smallest absolute Gasteiger partial charge is 0.210 e. The van der Waals surface area contributed by atoms with Crippen molar-refractivity contribution in [1.82, 2.24) is 0 Å². The number of hydrogen-bond acceptors (Lipinski definition) is 3. The molecular formula is C52H76BrN2O2+. The number of fused-ring (bicyclic) bond motifs is 2. The van der Waals surface area contributed by atoms with Crippen molar-refractivity contribution in [1.29, 1.82) is 0 Å². The molecule has 0 bridgehead atoms. The third-order valence-corrected chi connectivity index (χ3v) is 14.1. The second-order valence-corrected chi connectivity index (χ2v) is 18.9. The number of methoxy groups -OCH3 is 2. The summed E-state index contributed by atoms with van der Waals surface area (Å²) in [6.07, 6.45) is 31.5. The highest BCUT2D eigenvalue weighted by Gasteiger charge is 2.45. The van der Waals surface area contributed by atoms with Crippen LogP contribution in [-0.2, 0) is 10.8 Å². The van der Waals surface area contributed by atoms with Gasteiger partial charge in [0.15, 0.2) is 5.71 Å². The summed E-state index contributed by atoms with van der Waals surface area (Å²) in [6, 6.07) is 9.31. The van der Waals surface area contributed by atoms with Gasteiger partial charge in [-0.2, -0.15) is 4.58 Å². The second-order valence-electron chi connectivity index (χ2n) is 18.1. The van der Waals surface area contributed by atoms with Crippen LogP contribution in [0, 0.1) is 13.8 Å². The quantitative estimate of drug-likeness (QED) is 0.0925. The first-order chi connectivity index (χ1) is 27.4. The molecule has 2 aromatic carbocycles. The fraction of sp³-hybridized carbons (Fsp3) is 0.596. The Morgan fingerprint density at radius 3 is 1.89 bits per heavy atom. The highest BCUT2D eigenvalue weighted by atomic mass is 79.9. The zero-order valence-corrected chi connectivity index (χ0v) is 39.2. The fourth-order valence-electron chi connectivity index (χ4n) is 9.54. The summed E-state index contributed by atoms with van der Waals surface area (Å²) in [6.45, 7) is 20.6. The normalized spacial score (nSPS) is 18.8. The molecule has 0 saturated carbocycles. The molecule has 0 spiro atoms. The molecule has 2 aliphatic heterocycles. The van der Waals surface area contributed by atoms with Gasteiger partial charge in [0.1, 0.15) is 18.0 Å². The van der Waals surface area contributed by atoms with E-state index in [-0.39, 0.29) is 10.8 Å². The average Bonchev–Trinajstić information content (AvgIpc) is 3.51. The molecule has 0 saturated heterocycles. The third-order valence-electron chi connectivity index (χ3n) is 13.1.